The molecule has 0 aliphatic carbocycles. The van der Waals surface area contributed by atoms with Gasteiger partial charge in [0.05, 0.1) is 13.5 Å². The van der Waals surface area contributed by atoms with E-state index in [1.165, 1.54) is 7.11 Å². The molecule has 0 amide bonds. The number of aromatic nitrogens is 1. The molecule has 0 atom stereocenters. The smallest absolute Gasteiger partial charge is 0.307 e. The number of fused-ring (bicyclic) bond motifs is 1. The predicted octanol–water partition coefficient (Wildman–Crippen LogP) is 2.02. The Labute approximate surface area is 98.8 Å². The van der Waals surface area contributed by atoms with Crippen molar-refractivity contribution in [3.05, 3.63) is 36.0 Å². The molecule has 1 aromatic carbocycles. The highest BCUT2D eigenvalue weighted by molar-refractivity contribution is 5.97. The lowest BCUT2D eigenvalue weighted by atomic mass is 10.2. The summed E-state index contributed by atoms with van der Waals surface area (Å²) in [6.45, 7) is 0.515. The number of aryl methyl sites for hydroxylation is 1. The Morgan fingerprint density at radius 2 is 2.18 bits per heavy atom. The Bertz CT molecular complexity index is 557. The van der Waals surface area contributed by atoms with Gasteiger partial charge >= 0.3 is 5.97 Å². The summed E-state index contributed by atoms with van der Waals surface area (Å²) in [7, 11) is 1.37. The van der Waals surface area contributed by atoms with Gasteiger partial charge in [0.25, 0.3) is 0 Å². The number of carbonyl (C=O) groups is 2. The molecule has 0 spiro atoms. The maximum absolute atomic E-state index is 11.1. The summed E-state index contributed by atoms with van der Waals surface area (Å²) in [6, 6.07) is 7.62. The quantitative estimate of drug-likeness (QED) is 0.597. The normalized spacial score (nSPS) is 10.4. The summed E-state index contributed by atoms with van der Waals surface area (Å²) < 4.78 is 6.49. The van der Waals surface area contributed by atoms with Gasteiger partial charge < -0.3 is 9.30 Å². The molecule has 1 aromatic heterocycles. The van der Waals surface area contributed by atoms with Gasteiger partial charge in [-0.05, 0) is 6.07 Å². The van der Waals surface area contributed by atoms with Crippen molar-refractivity contribution >= 4 is 23.2 Å². The van der Waals surface area contributed by atoms with E-state index in [4.69, 9.17) is 0 Å². The minimum absolute atomic E-state index is 0.254. The number of aldehydes is 1. The highest BCUT2D eigenvalue weighted by atomic mass is 16.5. The zero-order valence-electron chi connectivity index (χ0n) is 9.55. The summed E-state index contributed by atoms with van der Waals surface area (Å²) in [5.74, 6) is -0.254. The molecule has 17 heavy (non-hydrogen) atoms. The van der Waals surface area contributed by atoms with Crippen LogP contribution >= 0.6 is 0 Å². The lowest BCUT2D eigenvalue weighted by Gasteiger charge is -2.03. The van der Waals surface area contributed by atoms with Gasteiger partial charge in [0.1, 0.15) is 0 Å². The van der Waals surface area contributed by atoms with Crippen LogP contribution in [0.2, 0.25) is 0 Å². The van der Waals surface area contributed by atoms with Gasteiger partial charge in [-0.15, -0.1) is 0 Å². The third-order valence-electron chi connectivity index (χ3n) is 2.73. The predicted molar refractivity (Wildman–Crippen MR) is 64.0 cm³/mol. The number of methoxy groups -OCH3 is 1. The maximum atomic E-state index is 11.1. The van der Waals surface area contributed by atoms with Crippen molar-refractivity contribution in [3.8, 4) is 0 Å². The molecule has 0 N–H and O–H groups in total. The molecule has 0 bridgehead atoms. The van der Waals surface area contributed by atoms with Crippen molar-refractivity contribution in [2.45, 2.75) is 13.0 Å². The second-order valence-corrected chi connectivity index (χ2v) is 3.74. The lowest BCUT2D eigenvalue weighted by molar-refractivity contribution is -0.140. The highest BCUT2D eigenvalue weighted by Crippen LogP contribution is 2.20. The Morgan fingerprint density at radius 1 is 1.41 bits per heavy atom. The van der Waals surface area contributed by atoms with Gasteiger partial charge in [-0.1, -0.05) is 18.2 Å². The van der Waals surface area contributed by atoms with Crippen LogP contribution < -0.4 is 0 Å². The molecule has 0 fully saturated rings. The highest BCUT2D eigenvalue weighted by Gasteiger charge is 2.08. The minimum Gasteiger partial charge on any atom is -0.469 e. The topological polar surface area (TPSA) is 48.3 Å². The Kier molecular flexibility index (Phi) is 3.23. The summed E-state index contributed by atoms with van der Waals surface area (Å²) in [5, 5.41) is 0.910. The first-order chi connectivity index (χ1) is 8.26. The van der Waals surface area contributed by atoms with Gasteiger partial charge in [-0.3, -0.25) is 9.59 Å². The number of nitrogens with zero attached hydrogens (tertiary/aromatic N) is 1. The average Bonchev–Trinajstić information content (AvgIpc) is 2.74. The number of hydrogen-bond donors (Lipinski definition) is 0. The Morgan fingerprint density at radius 3 is 2.88 bits per heavy atom. The van der Waals surface area contributed by atoms with Crippen LogP contribution in [0.1, 0.15) is 16.8 Å². The van der Waals surface area contributed by atoms with E-state index in [0.29, 0.717) is 18.5 Å². The fourth-order valence-corrected chi connectivity index (χ4v) is 1.87. The van der Waals surface area contributed by atoms with Crippen LogP contribution in [0.4, 0.5) is 0 Å². The second-order valence-electron chi connectivity index (χ2n) is 3.74. The first-order valence-corrected chi connectivity index (χ1v) is 5.36. The zero-order chi connectivity index (χ0) is 12.3. The third kappa shape index (κ3) is 2.20. The molecule has 0 aliphatic rings. The van der Waals surface area contributed by atoms with E-state index in [1.54, 1.807) is 6.20 Å². The maximum Gasteiger partial charge on any atom is 0.307 e. The number of benzene rings is 1. The molecule has 2 rings (SSSR count). The lowest BCUT2D eigenvalue weighted by Crippen LogP contribution is -2.06. The van der Waals surface area contributed by atoms with Crippen LogP contribution in [-0.4, -0.2) is 23.9 Å². The van der Waals surface area contributed by atoms with E-state index in [9.17, 15) is 9.59 Å². The van der Waals surface area contributed by atoms with Crippen LogP contribution in [0, 0.1) is 0 Å². The second kappa shape index (κ2) is 4.82. The van der Waals surface area contributed by atoms with Gasteiger partial charge in [-0.2, -0.15) is 0 Å². The van der Waals surface area contributed by atoms with Crippen LogP contribution in [0.25, 0.3) is 10.9 Å². The molecule has 0 unspecified atom stereocenters. The average molecular weight is 231 g/mol. The van der Waals surface area contributed by atoms with E-state index >= 15 is 0 Å². The molecule has 0 saturated carbocycles. The summed E-state index contributed by atoms with van der Waals surface area (Å²) >= 11 is 0. The molecule has 1 heterocycles. The van der Waals surface area contributed by atoms with E-state index in [2.05, 4.69) is 4.74 Å². The molecule has 4 heteroatoms. The number of para-hydroxylation sites is 1. The number of esters is 1. The van der Waals surface area contributed by atoms with Gasteiger partial charge in [0, 0.05) is 29.2 Å². The van der Waals surface area contributed by atoms with Crippen molar-refractivity contribution < 1.29 is 14.3 Å². The molecule has 2 aromatic rings. The first-order valence-electron chi connectivity index (χ1n) is 5.36. The fourth-order valence-electron chi connectivity index (χ4n) is 1.87. The minimum atomic E-state index is -0.254. The monoisotopic (exact) mass is 231 g/mol. The van der Waals surface area contributed by atoms with Gasteiger partial charge in [0.15, 0.2) is 6.29 Å². The van der Waals surface area contributed by atoms with Crippen LogP contribution in [0.15, 0.2) is 30.5 Å². The van der Waals surface area contributed by atoms with Crippen LogP contribution in [0.3, 0.4) is 0 Å². The molecular formula is C13H13NO3. The summed E-state index contributed by atoms with van der Waals surface area (Å²) in [4.78, 5) is 22.0. The Hall–Kier alpha value is -2.10. The van der Waals surface area contributed by atoms with Crippen LogP contribution in [0.5, 0.6) is 0 Å². The summed E-state index contributed by atoms with van der Waals surface area (Å²) in [5.41, 5.74) is 1.60. The van der Waals surface area contributed by atoms with E-state index in [0.717, 1.165) is 17.2 Å². The van der Waals surface area contributed by atoms with Gasteiger partial charge in [-0.25, -0.2) is 0 Å². The van der Waals surface area contributed by atoms with Crippen molar-refractivity contribution in [3.63, 3.8) is 0 Å². The van der Waals surface area contributed by atoms with Crippen molar-refractivity contribution in [2.24, 2.45) is 0 Å². The van der Waals surface area contributed by atoms with Crippen molar-refractivity contribution in [2.75, 3.05) is 7.11 Å². The summed E-state index contributed by atoms with van der Waals surface area (Å²) in [6.07, 6.45) is 2.89. The number of hydrogen-bond acceptors (Lipinski definition) is 3. The SMILES string of the molecule is COC(=O)CCn1cc(C=O)c2ccccc21. The van der Waals surface area contributed by atoms with Crippen LogP contribution in [-0.2, 0) is 16.1 Å². The third-order valence-corrected chi connectivity index (χ3v) is 2.73. The molecular weight excluding hydrogens is 218 g/mol. The van der Waals surface area contributed by atoms with E-state index in [-0.39, 0.29) is 5.97 Å². The van der Waals surface area contributed by atoms with Gasteiger partial charge in [0.2, 0.25) is 0 Å². The Balaban J connectivity index is 2.34. The van der Waals surface area contributed by atoms with E-state index < -0.39 is 0 Å². The number of carbonyl (C=O) groups excluding carboxylic acids is 2. The number of rotatable bonds is 4. The van der Waals surface area contributed by atoms with Crippen molar-refractivity contribution in [1.29, 1.82) is 0 Å². The fraction of sp³-hybridized carbons (Fsp3) is 0.231. The number of ether oxygens (including phenoxy) is 1. The van der Waals surface area contributed by atoms with E-state index in [1.807, 2.05) is 28.8 Å². The zero-order valence-corrected chi connectivity index (χ0v) is 9.55. The molecule has 88 valence electrons. The molecule has 4 nitrogen and oxygen atoms in total. The molecule has 0 aliphatic heterocycles. The molecule has 0 radical (unpaired) electrons. The molecule has 0 saturated heterocycles. The largest absolute Gasteiger partial charge is 0.469 e. The first kappa shape index (κ1) is 11.4. The van der Waals surface area contributed by atoms with Crippen molar-refractivity contribution in [1.82, 2.24) is 4.57 Å². The standard InChI is InChI=1S/C13H13NO3/c1-17-13(16)6-7-14-8-10(9-15)11-4-2-3-5-12(11)14/h2-5,8-9H,6-7H2,1H3.